The predicted molar refractivity (Wildman–Crippen MR) is 125 cm³/mol. The SMILES string of the molecule is Cc1nonc1COc1ccccc1C(=O)N1CCOC[C@@H](Cc2cccc3ccncc23)C1. The van der Waals surface area contributed by atoms with E-state index < -0.39 is 0 Å². The molecule has 1 aliphatic rings. The first kappa shape index (κ1) is 22.0. The summed E-state index contributed by atoms with van der Waals surface area (Å²) in [6.07, 6.45) is 4.52. The van der Waals surface area contributed by atoms with Gasteiger partial charge in [0, 0.05) is 36.8 Å². The maximum absolute atomic E-state index is 13.5. The Bertz CT molecular complexity index is 1280. The minimum atomic E-state index is -0.0688. The molecule has 1 saturated heterocycles. The van der Waals surface area contributed by atoms with Crippen LogP contribution >= 0.6 is 0 Å². The van der Waals surface area contributed by atoms with Gasteiger partial charge in [-0.25, -0.2) is 4.63 Å². The van der Waals surface area contributed by atoms with Crippen molar-refractivity contribution >= 4 is 16.7 Å². The average Bonchev–Trinajstić information content (AvgIpc) is 3.14. The molecule has 4 aromatic rings. The fourth-order valence-corrected chi connectivity index (χ4v) is 4.32. The molecular formula is C26H26N4O4. The van der Waals surface area contributed by atoms with Crippen LogP contribution in [0.2, 0.25) is 0 Å². The zero-order valence-electron chi connectivity index (χ0n) is 19.0. The molecule has 34 heavy (non-hydrogen) atoms. The number of carbonyl (C=O) groups excluding carboxylic acids is 1. The van der Waals surface area contributed by atoms with Gasteiger partial charge in [0.1, 0.15) is 23.7 Å². The van der Waals surface area contributed by atoms with Crippen molar-refractivity contribution in [2.24, 2.45) is 5.92 Å². The fraction of sp³-hybridized carbons (Fsp3) is 0.308. The molecule has 0 unspecified atom stereocenters. The summed E-state index contributed by atoms with van der Waals surface area (Å²) in [5, 5.41) is 9.93. The predicted octanol–water partition coefficient (Wildman–Crippen LogP) is 3.84. The van der Waals surface area contributed by atoms with Gasteiger partial charge in [0.15, 0.2) is 0 Å². The van der Waals surface area contributed by atoms with Crippen LogP contribution in [0.1, 0.15) is 27.3 Å². The first-order valence-corrected chi connectivity index (χ1v) is 11.4. The Hall–Kier alpha value is -3.78. The van der Waals surface area contributed by atoms with Gasteiger partial charge in [-0.05, 0) is 42.5 Å². The van der Waals surface area contributed by atoms with Gasteiger partial charge >= 0.3 is 0 Å². The van der Waals surface area contributed by atoms with Gasteiger partial charge in [-0.1, -0.05) is 40.6 Å². The number of aryl methyl sites for hydroxylation is 1. The number of fused-ring (bicyclic) bond motifs is 1. The summed E-state index contributed by atoms with van der Waals surface area (Å²) in [7, 11) is 0. The van der Waals surface area contributed by atoms with Gasteiger partial charge in [-0.15, -0.1) is 0 Å². The Labute approximate surface area is 197 Å². The first-order valence-electron chi connectivity index (χ1n) is 11.4. The standard InChI is InChI=1S/C26H26N4O4/c1-18-24(29-34-28-18)17-33-25-8-3-2-7-22(25)26(31)30-11-12-32-16-19(15-30)13-21-6-4-5-20-9-10-27-14-23(20)21/h2-10,14,19H,11-13,15-17H2,1H3/t19-/m0/s1. The molecule has 3 heterocycles. The summed E-state index contributed by atoms with van der Waals surface area (Å²) in [6, 6.07) is 15.6. The molecule has 2 aromatic carbocycles. The number of pyridine rings is 1. The van der Waals surface area contributed by atoms with Crippen molar-refractivity contribution in [2.45, 2.75) is 20.0 Å². The highest BCUT2D eigenvalue weighted by Gasteiger charge is 2.26. The summed E-state index contributed by atoms with van der Waals surface area (Å²) < 4.78 is 16.5. The molecular weight excluding hydrogens is 432 g/mol. The van der Waals surface area contributed by atoms with Crippen molar-refractivity contribution < 1.29 is 18.9 Å². The summed E-state index contributed by atoms with van der Waals surface area (Å²) in [4.78, 5) is 19.7. The Kier molecular flexibility index (Phi) is 6.49. The van der Waals surface area contributed by atoms with E-state index >= 15 is 0 Å². The summed E-state index contributed by atoms with van der Waals surface area (Å²) in [6.45, 7) is 4.24. The number of amides is 1. The largest absolute Gasteiger partial charge is 0.486 e. The minimum absolute atomic E-state index is 0.0688. The third kappa shape index (κ3) is 4.77. The summed E-state index contributed by atoms with van der Waals surface area (Å²) >= 11 is 0. The second kappa shape index (κ2) is 10.0. The van der Waals surface area contributed by atoms with E-state index in [9.17, 15) is 4.79 Å². The van der Waals surface area contributed by atoms with E-state index in [2.05, 4.69) is 33.5 Å². The first-order chi connectivity index (χ1) is 16.7. The number of ether oxygens (including phenoxy) is 2. The van der Waals surface area contributed by atoms with Crippen molar-refractivity contribution in [1.82, 2.24) is 20.2 Å². The van der Waals surface area contributed by atoms with Gasteiger partial charge in [0.25, 0.3) is 5.91 Å². The molecule has 0 bridgehead atoms. The van der Waals surface area contributed by atoms with E-state index in [1.54, 1.807) is 25.3 Å². The lowest BCUT2D eigenvalue weighted by Gasteiger charge is -2.25. The van der Waals surface area contributed by atoms with Crippen molar-refractivity contribution in [3.8, 4) is 5.75 Å². The number of nitrogens with zero attached hydrogens (tertiary/aromatic N) is 4. The van der Waals surface area contributed by atoms with E-state index in [0.29, 0.717) is 49.0 Å². The molecule has 8 nitrogen and oxygen atoms in total. The fourth-order valence-electron chi connectivity index (χ4n) is 4.32. The monoisotopic (exact) mass is 458 g/mol. The molecule has 2 aromatic heterocycles. The Morgan fingerprint density at radius 2 is 2.06 bits per heavy atom. The van der Waals surface area contributed by atoms with Crippen LogP contribution in [0.25, 0.3) is 10.8 Å². The maximum Gasteiger partial charge on any atom is 0.257 e. The summed E-state index contributed by atoms with van der Waals surface area (Å²) in [5.41, 5.74) is 3.01. The number of rotatable bonds is 6. The van der Waals surface area contributed by atoms with Crippen molar-refractivity contribution in [3.05, 3.63) is 83.4 Å². The molecule has 0 radical (unpaired) electrons. The van der Waals surface area contributed by atoms with Crippen LogP contribution in [0, 0.1) is 12.8 Å². The quantitative estimate of drug-likeness (QED) is 0.434. The number of hydrogen-bond acceptors (Lipinski definition) is 7. The van der Waals surface area contributed by atoms with E-state index in [4.69, 9.17) is 14.1 Å². The third-order valence-electron chi connectivity index (χ3n) is 6.14. The molecule has 8 heteroatoms. The molecule has 1 amide bonds. The molecule has 174 valence electrons. The molecule has 1 fully saturated rings. The van der Waals surface area contributed by atoms with Gasteiger partial charge < -0.3 is 14.4 Å². The highest BCUT2D eigenvalue weighted by molar-refractivity contribution is 5.97. The van der Waals surface area contributed by atoms with Crippen LogP contribution in [0.4, 0.5) is 0 Å². The molecule has 0 aliphatic carbocycles. The molecule has 0 N–H and O–H groups in total. The third-order valence-corrected chi connectivity index (χ3v) is 6.14. The van der Waals surface area contributed by atoms with Gasteiger partial charge in [-0.3, -0.25) is 9.78 Å². The van der Waals surface area contributed by atoms with E-state index in [-0.39, 0.29) is 18.4 Å². The van der Waals surface area contributed by atoms with Crippen molar-refractivity contribution in [3.63, 3.8) is 0 Å². The molecule has 0 saturated carbocycles. The lowest BCUT2D eigenvalue weighted by atomic mass is 9.95. The van der Waals surface area contributed by atoms with Gasteiger partial charge in [0.05, 0.1) is 18.8 Å². The molecule has 0 spiro atoms. The van der Waals surface area contributed by atoms with Crippen LogP contribution < -0.4 is 4.74 Å². The number of hydrogen-bond donors (Lipinski definition) is 0. The zero-order valence-corrected chi connectivity index (χ0v) is 19.0. The second-order valence-corrected chi connectivity index (χ2v) is 8.49. The van der Waals surface area contributed by atoms with Crippen molar-refractivity contribution in [2.75, 3.05) is 26.3 Å². The topological polar surface area (TPSA) is 90.6 Å². The lowest BCUT2D eigenvalue weighted by Crippen LogP contribution is -2.36. The molecule has 1 aliphatic heterocycles. The maximum atomic E-state index is 13.5. The Morgan fingerprint density at radius 3 is 2.94 bits per heavy atom. The summed E-state index contributed by atoms with van der Waals surface area (Å²) in [5.74, 6) is 0.617. The van der Waals surface area contributed by atoms with Crippen LogP contribution in [0.15, 0.2) is 65.6 Å². The average molecular weight is 459 g/mol. The van der Waals surface area contributed by atoms with Gasteiger partial charge in [-0.2, -0.15) is 0 Å². The molecule has 5 rings (SSSR count). The van der Waals surface area contributed by atoms with E-state index in [0.717, 1.165) is 11.8 Å². The van der Waals surface area contributed by atoms with Crippen molar-refractivity contribution in [1.29, 1.82) is 0 Å². The van der Waals surface area contributed by atoms with E-state index in [1.807, 2.05) is 29.3 Å². The van der Waals surface area contributed by atoms with Crippen LogP contribution in [0.3, 0.4) is 0 Å². The number of benzene rings is 2. The highest BCUT2D eigenvalue weighted by Crippen LogP contribution is 2.25. The minimum Gasteiger partial charge on any atom is -0.486 e. The van der Waals surface area contributed by atoms with Gasteiger partial charge in [0.2, 0.25) is 0 Å². The zero-order chi connectivity index (χ0) is 23.3. The Balaban J connectivity index is 1.32. The highest BCUT2D eigenvalue weighted by atomic mass is 16.6. The Morgan fingerprint density at radius 1 is 1.15 bits per heavy atom. The van der Waals surface area contributed by atoms with Crippen LogP contribution in [0.5, 0.6) is 5.75 Å². The van der Waals surface area contributed by atoms with Crippen LogP contribution in [-0.4, -0.2) is 52.4 Å². The number of para-hydroxylation sites is 1. The molecule has 1 atom stereocenters. The smallest absolute Gasteiger partial charge is 0.257 e. The second-order valence-electron chi connectivity index (χ2n) is 8.49. The number of carbonyl (C=O) groups is 1. The number of aromatic nitrogens is 3. The lowest BCUT2D eigenvalue weighted by molar-refractivity contribution is 0.0732. The van der Waals surface area contributed by atoms with E-state index in [1.165, 1.54) is 10.9 Å². The normalized spacial score (nSPS) is 16.4. The van der Waals surface area contributed by atoms with Crippen LogP contribution in [-0.2, 0) is 17.8 Å².